The van der Waals surface area contributed by atoms with Crippen LogP contribution in [0, 0.1) is 27.7 Å². The fraction of sp³-hybridized carbons (Fsp3) is 0.375. The summed E-state index contributed by atoms with van der Waals surface area (Å²) in [6.45, 7) is 7.36. The molecule has 3 aromatic heterocycles. The van der Waals surface area contributed by atoms with Crippen LogP contribution in [0.5, 0.6) is 0 Å². The van der Waals surface area contributed by atoms with Crippen molar-refractivity contribution >= 4 is 15.8 Å². The van der Waals surface area contributed by atoms with E-state index in [-0.39, 0.29) is 17.2 Å². The van der Waals surface area contributed by atoms with Crippen molar-refractivity contribution in [3.63, 3.8) is 0 Å². The van der Waals surface area contributed by atoms with Crippen LogP contribution < -0.4 is 10.0 Å². The Balaban J connectivity index is 1.64. The lowest BCUT2D eigenvalue weighted by Gasteiger charge is -2.11. The highest BCUT2D eigenvalue weighted by atomic mass is 32.2. The van der Waals surface area contributed by atoms with Crippen LogP contribution in [-0.2, 0) is 10.0 Å². The van der Waals surface area contributed by atoms with Gasteiger partial charge in [0.2, 0.25) is 10.0 Å². The second-order valence-electron chi connectivity index (χ2n) is 5.98. The predicted octanol–water partition coefficient (Wildman–Crippen LogP) is 1.27. The normalized spacial score (nSPS) is 11.7. The Labute approximate surface area is 157 Å². The summed E-state index contributed by atoms with van der Waals surface area (Å²) in [5.41, 5.74) is 0.333. The molecule has 3 heterocycles. The highest BCUT2D eigenvalue weighted by Gasteiger charge is 2.23. The molecule has 2 N–H and O–H groups in total. The molecule has 0 atom stereocenters. The van der Waals surface area contributed by atoms with E-state index in [1.165, 1.54) is 0 Å². The summed E-state index contributed by atoms with van der Waals surface area (Å²) in [5, 5.41) is 6.78. The molecule has 0 aliphatic heterocycles. The molecule has 11 heteroatoms. The van der Waals surface area contributed by atoms with Gasteiger partial charge in [-0.25, -0.2) is 28.1 Å². The zero-order valence-electron chi connectivity index (χ0n) is 15.5. The topological polar surface area (TPSA) is 128 Å². The molecule has 0 saturated carbocycles. The number of nitrogens with zero attached hydrogens (tertiary/aromatic N) is 5. The molecule has 0 saturated heterocycles. The van der Waals surface area contributed by atoms with Crippen molar-refractivity contribution in [2.75, 3.05) is 18.4 Å². The third kappa shape index (κ3) is 4.14. The first-order valence-electron chi connectivity index (χ1n) is 8.30. The minimum absolute atomic E-state index is 0.0817. The van der Waals surface area contributed by atoms with Crippen LogP contribution in [0.2, 0.25) is 0 Å². The van der Waals surface area contributed by atoms with Gasteiger partial charge in [0.1, 0.15) is 33.9 Å². The van der Waals surface area contributed by atoms with Crippen molar-refractivity contribution < 1.29 is 12.9 Å². The number of rotatable bonds is 7. The summed E-state index contributed by atoms with van der Waals surface area (Å²) in [4.78, 5) is 13.0. The number of nitrogens with one attached hydrogen (secondary N) is 2. The first-order chi connectivity index (χ1) is 12.8. The smallest absolute Gasteiger partial charge is 0.246 e. The van der Waals surface area contributed by atoms with Gasteiger partial charge >= 0.3 is 0 Å². The molecule has 0 aliphatic carbocycles. The molecule has 0 aliphatic rings. The maximum Gasteiger partial charge on any atom is 0.246 e. The van der Waals surface area contributed by atoms with Crippen molar-refractivity contribution in [2.45, 2.75) is 32.6 Å². The van der Waals surface area contributed by atoms with Gasteiger partial charge in [-0.1, -0.05) is 5.16 Å². The molecule has 3 aromatic rings. The van der Waals surface area contributed by atoms with Gasteiger partial charge in [-0.2, -0.15) is 0 Å². The Morgan fingerprint density at radius 3 is 2.56 bits per heavy atom. The third-order valence-corrected chi connectivity index (χ3v) is 5.56. The summed E-state index contributed by atoms with van der Waals surface area (Å²) >= 11 is 0. The lowest BCUT2D eigenvalue weighted by Crippen LogP contribution is -2.29. The molecule has 27 heavy (non-hydrogen) atoms. The average molecular weight is 391 g/mol. The Morgan fingerprint density at radius 1 is 1.15 bits per heavy atom. The van der Waals surface area contributed by atoms with E-state index in [1.807, 2.05) is 17.7 Å². The van der Waals surface area contributed by atoms with E-state index in [4.69, 9.17) is 4.52 Å². The average Bonchev–Trinajstić information content (AvgIpc) is 3.17. The van der Waals surface area contributed by atoms with E-state index >= 15 is 0 Å². The number of aryl methyl sites for hydroxylation is 4. The number of aromatic nitrogens is 5. The molecular formula is C16H21N7O3S. The fourth-order valence-electron chi connectivity index (χ4n) is 2.69. The molecule has 0 amide bonds. The molecule has 0 bridgehead atoms. The number of imidazole rings is 1. The Hall–Kier alpha value is -2.79. The monoisotopic (exact) mass is 391 g/mol. The van der Waals surface area contributed by atoms with Crippen LogP contribution in [0.25, 0.3) is 5.82 Å². The van der Waals surface area contributed by atoms with E-state index in [2.05, 4.69) is 30.1 Å². The number of hydrogen-bond acceptors (Lipinski definition) is 8. The highest BCUT2D eigenvalue weighted by molar-refractivity contribution is 7.89. The third-order valence-electron chi connectivity index (χ3n) is 3.86. The zero-order chi connectivity index (χ0) is 19.6. The van der Waals surface area contributed by atoms with Crippen LogP contribution in [0.4, 0.5) is 5.82 Å². The van der Waals surface area contributed by atoms with Crippen molar-refractivity contribution in [2.24, 2.45) is 0 Å². The predicted molar refractivity (Wildman–Crippen MR) is 98.3 cm³/mol. The summed E-state index contributed by atoms with van der Waals surface area (Å²) in [6.07, 6.45) is 3.52. The molecule has 10 nitrogen and oxygen atoms in total. The first-order valence-corrected chi connectivity index (χ1v) is 9.78. The molecule has 144 valence electrons. The van der Waals surface area contributed by atoms with Crippen LogP contribution in [0.1, 0.15) is 23.1 Å². The second kappa shape index (κ2) is 7.45. The van der Waals surface area contributed by atoms with Gasteiger partial charge in [0.15, 0.2) is 5.76 Å². The number of hydrogen-bond donors (Lipinski definition) is 2. The Kier molecular flexibility index (Phi) is 5.24. The fourth-order valence-corrected chi connectivity index (χ4v) is 4.05. The molecule has 3 rings (SSSR count). The van der Waals surface area contributed by atoms with Crippen LogP contribution >= 0.6 is 0 Å². The molecule has 0 fully saturated rings. The van der Waals surface area contributed by atoms with E-state index in [0.29, 0.717) is 29.7 Å². The largest absolute Gasteiger partial charge is 0.369 e. The van der Waals surface area contributed by atoms with Crippen LogP contribution in [0.15, 0.2) is 27.9 Å². The lowest BCUT2D eigenvalue weighted by atomic mass is 10.4. The summed E-state index contributed by atoms with van der Waals surface area (Å²) in [7, 11) is -3.68. The van der Waals surface area contributed by atoms with Gasteiger partial charge < -0.3 is 9.84 Å². The minimum atomic E-state index is -3.68. The number of sulfonamides is 1. The highest BCUT2D eigenvalue weighted by Crippen LogP contribution is 2.18. The van der Waals surface area contributed by atoms with E-state index in [0.717, 1.165) is 5.82 Å². The quantitative estimate of drug-likeness (QED) is 0.576. The van der Waals surface area contributed by atoms with E-state index < -0.39 is 10.0 Å². The van der Waals surface area contributed by atoms with Crippen molar-refractivity contribution in [3.8, 4) is 5.82 Å². The summed E-state index contributed by atoms with van der Waals surface area (Å²) < 4.78 is 34.0. The number of anilines is 1. The van der Waals surface area contributed by atoms with E-state index in [9.17, 15) is 8.42 Å². The minimum Gasteiger partial charge on any atom is -0.369 e. The molecule has 0 unspecified atom stereocenters. The summed E-state index contributed by atoms with van der Waals surface area (Å²) in [6, 6.07) is 1.78. The molecule has 0 spiro atoms. The molecule has 0 radical (unpaired) electrons. The standard InChI is InChI=1S/C16H21N7O3S/c1-10-16(11(2)26-22-10)27(24,25)19-6-5-18-14-9-15(21-12(3)20-14)23-8-7-17-13(23)4/h7-9,19H,5-6H2,1-4H3,(H,18,20,21). The SMILES string of the molecule is Cc1nc(NCCNS(=O)(=O)c2c(C)noc2C)cc(-n2ccnc2C)n1. The Bertz CT molecular complexity index is 1040. The molecule has 0 aromatic carbocycles. The lowest BCUT2D eigenvalue weighted by molar-refractivity contribution is 0.390. The van der Waals surface area contributed by atoms with Crippen LogP contribution in [0.3, 0.4) is 0 Å². The van der Waals surface area contributed by atoms with Gasteiger partial charge in [0.05, 0.1) is 0 Å². The van der Waals surface area contributed by atoms with Crippen molar-refractivity contribution in [3.05, 3.63) is 41.6 Å². The van der Waals surface area contributed by atoms with Gasteiger partial charge in [0, 0.05) is 31.5 Å². The maximum absolute atomic E-state index is 12.4. The zero-order valence-corrected chi connectivity index (χ0v) is 16.3. The van der Waals surface area contributed by atoms with E-state index in [1.54, 1.807) is 33.0 Å². The van der Waals surface area contributed by atoms with Crippen molar-refractivity contribution in [1.82, 2.24) is 29.4 Å². The van der Waals surface area contributed by atoms with Crippen molar-refractivity contribution in [1.29, 1.82) is 0 Å². The van der Waals surface area contributed by atoms with Gasteiger partial charge in [-0.3, -0.25) is 4.57 Å². The van der Waals surface area contributed by atoms with Gasteiger partial charge in [-0.15, -0.1) is 0 Å². The van der Waals surface area contributed by atoms with Gasteiger partial charge in [-0.05, 0) is 27.7 Å². The van der Waals surface area contributed by atoms with Gasteiger partial charge in [0.25, 0.3) is 0 Å². The van der Waals surface area contributed by atoms with Crippen LogP contribution in [-0.4, -0.2) is 46.2 Å². The summed E-state index contributed by atoms with van der Waals surface area (Å²) in [5.74, 6) is 2.96. The Morgan fingerprint density at radius 2 is 1.93 bits per heavy atom. The first kappa shape index (κ1) is 19.0. The molecular weight excluding hydrogens is 370 g/mol. The maximum atomic E-state index is 12.4. The second-order valence-corrected chi connectivity index (χ2v) is 7.68.